The summed E-state index contributed by atoms with van der Waals surface area (Å²) in [7, 11) is 0. The Labute approximate surface area is 99.2 Å². The minimum atomic E-state index is -0.357. The molecule has 0 aliphatic rings. The van der Waals surface area contributed by atoms with Crippen molar-refractivity contribution in [2.75, 3.05) is 0 Å². The molecule has 0 bridgehead atoms. The molecule has 86 valence electrons. The van der Waals surface area contributed by atoms with Gasteiger partial charge in [-0.05, 0) is 18.6 Å². The van der Waals surface area contributed by atoms with Crippen LogP contribution in [0.2, 0.25) is 0 Å². The Morgan fingerprint density at radius 1 is 1.06 bits per heavy atom. The van der Waals surface area contributed by atoms with Gasteiger partial charge in [-0.3, -0.25) is 0 Å². The molecule has 0 heterocycles. The topological polar surface area (TPSA) is 26.1 Å². The molecule has 0 atom stereocenters. The highest BCUT2D eigenvalue weighted by molar-refractivity contribution is 5.77. The maximum atomic E-state index is 13.7. The lowest BCUT2D eigenvalue weighted by molar-refractivity contribution is -0.354. The molecule has 0 fully saturated rings. The van der Waals surface area contributed by atoms with E-state index < -0.39 is 0 Å². The highest BCUT2D eigenvalue weighted by atomic mass is 19.1. The van der Waals surface area contributed by atoms with Gasteiger partial charge in [0, 0.05) is 12.1 Å². The highest BCUT2D eigenvalue weighted by Crippen LogP contribution is 2.13. The second kappa shape index (κ2) is 4.78. The molecule has 2 nitrogen and oxygen atoms in total. The van der Waals surface area contributed by atoms with Gasteiger partial charge in [-0.2, -0.15) is 4.74 Å². The van der Waals surface area contributed by atoms with E-state index in [1.54, 1.807) is 49.4 Å². The van der Waals surface area contributed by atoms with Crippen molar-refractivity contribution in [1.82, 2.24) is 0 Å². The minimum absolute atomic E-state index is 0.295. The lowest BCUT2D eigenvalue weighted by Crippen LogP contribution is -2.01. The van der Waals surface area contributed by atoms with Crippen LogP contribution in [0.5, 0.6) is 0 Å². The summed E-state index contributed by atoms with van der Waals surface area (Å²) < 4.78 is 14.3. The van der Waals surface area contributed by atoms with Gasteiger partial charge >= 0.3 is 0 Å². The standard InChI is InChI=1S/C14H12FNO/c1-11-6-5-7-12(14(11)15)10-16(17)13-8-3-2-4-9-13/h2-10H,1H3. The number of hydrogen-bond acceptors (Lipinski definition) is 1. The molecule has 2 aromatic carbocycles. The quantitative estimate of drug-likeness (QED) is 0.335. The van der Waals surface area contributed by atoms with Crippen LogP contribution in [0.3, 0.4) is 0 Å². The maximum Gasteiger partial charge on any atom is 0.216 e. The molecular formula is C14H12FNO. The molecule has 3 heteroatoms. The molecule has 0 aromatic heterocycles. The van der Waals surface area contributed by atoms with Crippen LogP contribution in [-0.2, 0) is 0 Å². The number of rotatable bonds is 2. The number of nitrogens with zero attached hydrogens (tertiary/aromatic N) is 1. The fraction of sp³-hybridized carbons (Fsp3) is 0.0714. The largest absolute Gasteiger partial charge is 0.618 e. The third kappa shape index (κ3) is 2.50. The zero-order chi connectivity index (χ0) is 12.3. The number of aryl methyl sites for hydroxylation is 1. The molecule has 2 rings (SSSR count). The Balaban J connectivity index is 2.40. The van der Waals surface area contributed by atoms with Gasteiger partial charge in [0.25, 0.3) is 0 Å². The van der Waals surface area contributed by atoms with Crippen LogP contribution in [0.4, 0.5) is 10.1 Å². The summed E-state index contributed by atoms with van der Waals surface area (Å²) in [4.78, 5) is 0. The smallest absolute Gasteiger partial charge is 0.216 e. The van der Waals surface area contributed by atoms with E-state index in [-0.39, 0.29) is 5.82 Å². The molecule has 17 heavy (non-hydrogen) atoms. The number of para-hydroxylation sites is 1. The van der Waals surface area contributed by atoms with Gasteiger partial charge in [0.05, 0.1) is 5.56 Å². The average molecular weight is 229 g/mol. The fourth-order valence-electron chi connectivity index (χ4n) is 1.55. The molecule has 0 aliphatic carbocycles. The van der Waals surface area contributed by atoms with Gasteiger partial charge in [0.1, 0.15) is 5.82 Å². The van der Waals surface area contributed by atoms with Crippen molar-refractivity contribution in [2.24, 2.45) is 0 Å². The van der Waals surface area contributed by atoms with E-state index in [0.29, 0.717) is 21.6 Å². The molecule has 0 amide bonds. The second-order valence-electron chi connectivity index (χ2n) is 3.77. The molecule has 0 unspecified atom stereocenters. The molecule has 0 spiro atoms. The van der Waals surface area contributed by atoms with Gasteiger partial charge in [0.2, 0.25) is 5.69 Å². The molecule has 0 saturated heterocycles. The van der Waals surface area contributed by atoms with Crippen LogP contribution in [0.25, 0.3) is 0 Å². The van der Waals surface area contributed by atoms with Crippen LogP contribution >= 0.6 is 0 Å². The van der Waals surface area contributed by atoms with Crippen molar-refractivity contribution < 1.29 is 9.13 Å². The van der Waals surface area contributed by atoms with Crippen molar-refractivity contribution in [3.05, 3.63) is 70.7 Å². The first-order valence-corrected chi connectivity index (χ1v) is 5.30. The molecule has 0 saturated carbocycles. The van der Waals surface area contributed by atoms with Crippen molar-refractivity contribution in [2.45, 2.75) is 6.92 Å². The van der Waals surface area contributed by atoms with E-state index in [0.717, 1.165) is 0 Å². The van der Waals surface area contributed by atoms with E-state index in [1.165, 1.54) is 6.21 Å². The summed E-state index contributed by atoms with van der Waals surface area (Å²) >= 11 is 0. The Kier molecular flexibility index (Phi) is 3.19. The van der Waals surface area contributed by atoms with Crippen molar-refractivity contribution in [1.29, 1.82) is 0 Å². The van der Waals surface area contributed by atoms with Crippen molar-refractivity contribution in [3.63, 3.8) is 0 Å². The van der Waals surface area contributed by atoms with Crippen LogP contribution in [0.1, 0.15) is 11.1 Å². The van der Waals surface area contributed by atoms with E-state index in [1.807, 2.05) is 6.07 Å². The van der Waals surface area contributed by atoms with Crippen LogP contribution in [0, 0.1) is 17.9 Å². The van der Waals surface area contributed by atoms with Crippen LogP contribution in [0.15, 0.2) is 48.5 Å². The monoisotopic (exact) mass is 229 g/mol. The number of hydrogen-bond donors (Lipinski definition) is 0. The lowest BCUT2D eigenvalue weighted by atomic mass is 10.1. The zero-order valence-electron chi connectivity index (χ0n) is 9.43. The van der Waals surface area contributed by atoms with Crippen molar-refractivity contribution >= 4 is 11.9 Å². The van der Waals surface area contributed by atoms with Crippen molar-refractivity contribution in [3.8, 4) is 0 Å². The first-order valence-electron chi connectivity index (χ1n) is 5.30. The molecule has 0 N–H and O–H groups in total. The summed E-state index contributed by atoms with van der Waals surface area (Å²) in [6, 6.07) is 13.7. The number of halogens is 1. The van der Waals surface area contributed by atoms with Crippen LogP contribution in [-0.4, -0.2) is 11.0 Å². The lowest BCUT2D eigenvalue weighted by Gasteiger charge is -2.03. The highest BCUT2D eigenvalue weighted by Gasteiger charge is 2.06. The van der Waals surface area contributed by atoms with Gasteiger partial charge in [-0.15, -0.1) is 0 Å². The second-order valence-corrected chi connectivity index (χ2v) is 3.77. The first-order chi connectivity index (χ1) is 8.18. The van der Waals surface area contributed by atoms with Crippen LogP contribution < -0.4 is 0 Å². The summed E-state index contributed by atoms with van der Waals surface area (Å²) in [5, 5.41) is 11.8. The fourth-order valence-corrected chi connectivity index (χ4v) is 1.55. The summed E-state index contributed by atoms with van der Waals surface area (Å²) in [5.41, 5.74) is 1.30. The zero-order valence-corrected chi connectivity index (χ0v) is 9.43. The molecule has 0 aliphatic heterocycles. The Morgan fingerprint density at radius 2 is 1.76 bits per heavy atom. The Hall–Kier alpha value is -2.16. The van der Waals surface area contributed by atoms with Gasteiger partial charge in [-0.1, -0.05) is 30.3 Å². The van der Waals surface area contributed by atoms with E-state index in [4.69, 9.17) is 0 Å². The van der Waals surface area contributed by atoms with Gasteiger partial charge < -0.3 is 5.21 Å². The first kappa shape index (κ1) is 11.3. The van der Waals surface area contributed by atoms with E-state index in [9.17, 15) is 9.60 Å². The predicted molar refractivity (Wildman–Crippen MR) is 66.0 cm³/mol. The van der Waals surface area contributed by atoms with Gasteiger partial charge in [0.15, 0.2) is 6.21 Å². The Morgan fingerprint density at radius 3 is 2.47 bits per heavy atom. The van der Waals surface area contributed by atoms with E-state index >= 15 is 0 Å². The Bertz CT molecular complexity index is 549. The molecule has 0 radical (unpaired) electrons. The SMILES string of the molecule is Cc1cccc(C=[N+]([O-])c2ccccc2)c1F. The maximum absolute atomic E-state index is 13.7. The molecular weight excluding hydrogens is 217 g/mol. The third-order valence-electron chi connectivity index (χ3n) is 2.49. The van der Waals surface area contributed by atoms with E-state index in [2.05, 4.69) is 0 Å². The summed E-state index contributed by atoms with van der Waals surface area (Å²) in [6.07, 6.45) is 1.25. The minimum Gasteiger partial charge on any atom is -0.618 e. The normalized spacial score (nSPS) is 11.5. The third-order valence-corrected chi connectivity index (χ3v) is 2.49. The summed E-state index contributed by atoms with van der Waals surface area (Å²) in [5.74, 6) is -0.357. The number of benzene rings is 2. The van der Waals surface area contributed by atoms with Gasteiger partial charge in [-0.25, -0.2) is 4.39 Å². The predicted octanol–water partition coefficient (Wildman–Crippen LogP) is 3.40. The molecule has 2 aromatic rings. The summed E-state index contributed by atoms with van der Waals surface area (Å²) in [6.45, 7) is 1.67. The average Bonchev–Trinajstić information content (AvgIpc) is 2.36.